The molecule has 0 N–H and O–H groups in total. The van der Waals surface area contributed by atoms with Crippen LogP contribution in [0.2, 0.25) is 5.02 Å². The predicted molar refractivity (Wildman–Crippen MR) is 70.6 cm³/mol. The summed E-state index contributed by atoms with van der Waals surface area (Å²) in [6.45, 7) is 3.96. The summed E-state index contributed by atoms with van der Waals surface area (Å²) in [4.78, 5) is 0. The van der Waals surface area contributed by atoms with Crippen molar-refractivity contribution < 1.29 is 13.2 Å². The number of hydrogen-bond acceptors (Lipinski definition) is 3. The van der Waals surface area contributed by atoms with E-state index in [4.69, 9.17) is 27.0 Å². The lowest BCUT2D eigenvalue weighted by Crippen LogP contribution is -2.00. The van der Waals surface area contributed by atoms with Gasteiger partial charge in [-0.3, -0.25) is 0 Å². The van der Waals surface area contributed by atoms with Gasteiger partial charge < -0.3 is 4.74 Å². The van der Waals surface area contributed by atoms with E-state index in [-0.39, 0.29) is 11.7 Å². The highest BCUT2D eigenvalue weighted by Gasteiger charge is 2.16. The highest BCUT2D eigenvalue weighted by Crippen LogP contribution is 2.35. The third-order valence-corrected chi connectivity index (χ3v) is 3.58. The number of halogens is 2. The lowest BCUT2D eigenvalue weighted by atomic mass is 10.00. The minimum Gasteiger partial charge on any atom is -0.495 e. The molecule has 1 aromatic rings. The Morgan fingerprint density at radius 3 is 2.35 bits per heavy atom. The Hall–Kier alpha value is -0.450. The predicted octanol–water partition coefficient (Wildman–Crippen LogP) is 3.54. The van der Waals surface area contributed by atoms with E-state index in [1.807, 2.05) is 13.8 Å². The molecule has 0 saturated carbocycles. The lowest BCUT2D eigenvalue weighted by molar-refractivity contribution is 0.407. The molecule has 3 nitrogen and oxygen atoms in total. The van der Waals surface area contributed by atoms with E-state index in [0.717, 1.165) is 5.56 Å². The molecule has 0 aliphatic carbocycles. The van der Waals surface area contributed by atoms with Gasteiger partial charge in [0.25, 0.3) is 0 Å². The third-order valence-electron chi connectivity index (χ3n) is 2.30. The SMILES string of the molecule is COc1c(Cl)cc(CS(=O)(=O)Cl)cc1C(C)C. The van der Waals surface area contributed by atoms with Crippen molar-refractivity contribution in [2.24, 2.45) is 0 Å². The van der Waals surface area contributed by atoms with Crippen LogP contribution in [0.3, 0.4) is 0 Å². The Kier molecular flexibility index (Phi) is 4.69. The first-order valence-electron chi connectivity index (χ1n) is 5.03. The van der Waals surface area contributed by atoms with E-state index >= 15 is 0 Å². The van der Waals surface area contributed by atoms with Gasteiger partial charge in [0, 0.05) is 10.7 Å². The molecule has 0 spiro atoms. The number of benzene rings is 1. The molecule has 0 fully saturated rings. The van der Waals surface area contributed by atoms with Crippen LogP contribution in [-0.4, -0.2) is 15.5 Å². The van der Waals surface area contributed by atoms with Gasteiger partial charge in [-0.15, -0.1) is 0 Å². The molecule has 0 aliphatic rings. The molecular weight excluding hydrogens is 283 g/mol. The maximum atomic E-state index is 11.0. The van der Waals surface area contributed by atoms with Crippen molar-refractivity contribution in [2.45, 2.75) is 25.5 Å². The van der Waals surface area contributed by atoms with Crippen LogP contribution in [0, 0.1) is 0 Å². The average molecular weight is 297 g/mol. The molecule has 0 atom stereocenters. The highest BCUT2D eigenvalue weighted by atomic mass is 35.7. The molecule has 0 saturated heterocycles. The highest BCUT2D eigenvalue weighted by molar-refractivity contribution is 8.13. The molecule has 0 amide bonds. The molecule has 0 aromatic heterocycles. The smallest absolute Gasteiger partial charge is 0.236 e. The van der Waals surface area contributed by atoms with Crippen molar-refractivity contribution in [3.8, 4) is 5.75 Å². The Balaban J connectivity index is 3.29. The topological polar surface area (TPSA) is 43.4 Å². The summed E-state index contributed by atoms with van der Waals surface area (Å²) in [5.74, 6) is 0.524. The Morgan fingerprint density at radius 2 is 1.94 bits per heavy atom. The zero-order valence-corrected chi connectivity index (χ0v) is 12.2. The van der Waals surface area contributed by atoms with E-state index < -0.39 is 9.05 Å². The summed E-state index contributed by atoms with van der Waals surface area (Å²) < 4.78 is 27.3. The lowest BCUT2D eigenvalue weighted by Gasteiger charge is -2.15. The standard InChI is InChI=1S/C11H14Cl2O3S/c1-7(2)9-4-8(6-17(13,14)15)5-10(12)11(9)16-3/h4-5,7H,6H2,1-3H3. The fourth-order valence-corrected chi connectivity index (χ4v) is 2.87. The first-order valence-corrected chi connectivity index (χ1v) is 7.89. The number of rotatable bonds is 4. The summed E-state index contributed by atoms with van der Waals surface area (Å²) in [5.41, 5.74) is 1.44. The maximum Gasteiger partial charge on any atom is 0.236 e. The second-order valence-corrected chi connectivity index (χ2v) is 7.22. The average Bonchev–Trinajstić information content (AvgIpc) is 2.13. The van der Waals surface area contributed by atoms with Crippen LogP contribution in [0.15, 0.2) is 12.1 Å². The molecule has 0 heterocycles. The van der Waals surface area contributed by atoms with Crippen molar-refractivity contribution in [1.82, 2.24) is 0 Å². The number of hydrogen-bond donors (Lipinski definition) is 0. The zero-order valence-electron chi connectivity index (χ0n) is 9.83. The summed E-state index contributed by atoms with van der Waals surface area (Å²) in [5, 5.41) is 0.397. The first kappa shape index (κ1) is 14.6. The van der Waals surface area contributed by atoms with Crippen LogP contribution in [0.1, 0.15) is 30.9 Å². The van der Waals surface area contributed by atoms with Crippen LogP contribution < -0.4 is 4.74 Å². The van der Waals surface area contributed by atoms with Crippen LogP contribution in [0.5, 0.6) is 5.75 Å². The fraction of sp³-hybridized carbons (Fsp3) is 0.455. The van der Waals surface area contributed by atoms with Crippen molar-refractivity contribution in [2.75, 3.05) is 7.11 Å². The van der Waals surface area contributed by atoms with E-state index in [1.54, 1.807) is 12.1 Å². The monoisotopic (exact) mass is 296 g/mol. The molecule has 96 valence electrons. The molecule has 6 heteroatoms. The molecule has 0 bridgehead atoms. The van der Waals surface area contributed by atoms with Gasteiger partial charge in [0.05, 0.1) is 17.9 Å². The molecule has 0 aliphatic heterocycles. The minimum atomic E-state index is -3.58. The molecular formula is C11H14Cl2O3S. The van der Waals surface area contributed by atoms with Crippen molar-refractivity contribution >= 4 is 31.3 Å². The molecule has 17 heavy (non-hydrogen) atoms. The second-order valence-electron chi connectivity index (χ2n) is 4.04. The Bertz CT molecular complexity index is 510. The Labute approximate surface area is 111 Å². The number of methoxy groups -OCH3 is 1. The van der Waals surface area contributed by atoms with E-state index in [2.05, 4.69) is 0 Å². The summed E-state index contributed by atoms with van der Waals surface area (Å²) in [7, 11) is 3.17. The van der Waals surface area contributed by atoms with Crippen LogP contribution in [0.4, 0.5) is 0 Å². The zero-order chi connectivity index (χ0) is 13.2. The summed E-state index contributed by atoms with van der Waals surface area (Å²) in [6, 6.07) is 3.32. The first-order chi connectivity index (χ1) is 7.74. The van der Waals surface area contributed by atoms with Gasteiger partial charge in [0.15, 0.2) is 0 Å². The van der Waals surface area contributed by atoms with Gasteiger partial charge >= 0.3 is 0 Å². The van der Waals surface area contributed by atoms with Crippen LogP contribution in [0.25, 0.3) is 0 Å². The van der Waals surface area contributed by atoms with Gasteiger partial charge in [-0.2, -0.15) is 0 Å². The van der Waals surface area contributed by atoms with Crippen LogP contribution in [-0.2, 0) is 14.8 Å². The number of ether oxygens (including phenoxy) is 1. The Morgan fingerprint density at radius 1 is 1.35 bits per heavy atom. The van der Waals surface area contributed by atoms with Gasteiger partial charge in [-0.1, -0.05) is 31.5 Å². The van der Waals surface area contributed by atoms with E-state index in [9.17, 15) is 8.42 Å². The fourth-order valence-electron chi connectivity index (χ4n) is 1.60. The minimum absolute atomic E-state index is 0.181. The van der Waals surface area contributed by atoms with Gasteiger partial charge in [-0.25, -0.2) is 8.42 Å². The quantitative estimate of drug-likeness (QED) is 0.798. The third kappa shape index (κ3) is 4.05. The summed E-state index contributed by atoms with van der Waals surface area (Å²) >= 11 is 6.04. The summed E-state index contributed by atoms with van der Waals surface area (Å²) in [6.07, 6.45) is 0. The van der Waals surface area contributed by atoms with E-state index in [0.29, 0.717) is 16.3 Å². The molecule has 0 unspecified atom stereocenters. The van der Waals surface area contributed by atoms with Crippen molar-refractivity contribution in [3.05, 3.63) is 28.3 Å². The van der Waals surface area contributed by atoms with Crippen molar-refractivity contribution in [3.63, 3.8) is 0 Å². The largest absolute Gasteiger partial charge is 0.495 e. The van der Waals surface area contributed by atoms with Crippen molar-refractivity contribution in [1.29, 1.82) is 0 Å². The van der Waals surface area contributed by atoms with Gasteiger partial charge in [0.2, 0.25) is 9.05 Å². The molecule has 0 radical (unpaired) electrons. The maximum absolute atomic E-state index is 11.0. The van der Waals surface area contributed by atoms with E-state index in [1.165, 1.54) is 7.11 Å². The molecule has 1 rings (SSSR count). The van der Waals surface area contributed by atoms with Gasteiger partial charge in [-0.05, 0) is 23.1 Å². The van der Waals surface area contributed by atoms with Gasteiger partial charge in [0.1, 0.15) is 5.75 Å². The molecule has 1 aromatic carbocycles. The van der Waals surface area contributed by atoms with Crippen LogP contribution >= 0.6 is 22.3 Å². The second kappa shape index (κ2) is 5.46. The normalized spacial score (nSPS) is 11.9.